The van der Waals surface area contributed by atoms with Gasteiger partial charge in [-0.1, -0.05) is 11.6 Å². The van der Waals surface area contributed by atoms with Crippen LogP contribution in [0.3, 0.4) is 0 Å². The summed E-state index contributed by atoms with van der Waals surface area (Å²) in [6, 6.07) is 7.17. The molecule has 1 aromatic carbocycles. The molecule has 2 atom stereocenters. The van der Waals surface area contributed by atoms with Gasteiger partial charge in [0.05, 0.1) is 12.1 Å². The van der Waals surface area contributed by atoms with Crippen molar-refractivity contribution in [2.45, 2.75) is 31.8 Å². The summed E-state index contributed by atoms with van der Waals surface area (Å²) < 4.78 is 5.28. The van der Waals surface area contributed by atoms with Gasteiger partial charge in [0.15, 0.2) is 0 Å². The molecule has 4 heteroatoms. The quantitative estimate of drug-likeness (QED) is 0.912. The Morgan fingerprint density at radius 1 is 1.44 bits per heavy atom. The number of hydrogen-bond acceptors (Lipinski definition) is 3. The maximum atomic E-state index is 6.06. The van der Waals surface area contributed by atoms with E-state index in [1.54, 1.807) is 7.11 Å². The molecule has 1 heterocycles. The van der Waals surface area contributed by atoms with Crippen molar-refractivity contribution >= 4 is 17.3 Å². The second-order valence-electron chi connectivity index (χ2n) is 4.87. The summed E-state index contributed by atoms with van der Waals surface area (Å²) in [6.07, 6.45) is 2.34. The van der Waals surface area contributed by atoms with Crippen LogP contribution in [0.5, 0.6) is 5.75 Å². The molecule has 1 N–H and O–H groups in total. The molecule has 0 saturated carbocycles. The molecular formula is C14H21ClN2O. The van der Waals surface area contributed by atoms with Crippen molar-refractivity contribution in [3.8, 4) is 5.75 Å². The van der Waals surface area contributed by atoms with Gasteiger partial charge in [-0.05, 0) is 38.9 Å². The van der Waals surface area contributed by atoms with Gasteiger partial charge >= 0.3 is 0 Å². The van der Waals surface area contributed by atoms with Gasteiger partial charge in [0, 0.05) is 30.4 Å². The maximum absolute atomic E-state index is 6.06. The van der Waals surface area contributed by atoms with Crippen LogP contribution in [0.2, 0.25) is 5.02 Å². The Balaban J connectivity index is 2.16. The van der Waals surface area contributed by atoms with E-state index in [0.29, 0.717) is 17.1 Å². The molecule has 0 aromatic heterocycles. The van der Waals surface area contributed by atoms with E-state index in [4.69, 9.17) is 16.3 Å². The summed E-state index contributed by atoms with van der Waals surface area (Å²) in [5.41, 5.74) is 1.19. The van der Waals surface area contributed by atoms with Crippen LogP contribution in [0.4, 0.5) is 5.69 Å². The fraction of sp³-hybridized carbons (Fsp3) is 0.571. The number of methoxy groups -OCH3 is 1. The van der Waals surface area contributed by atoms with E-state index in [1.165, 1.54) is 18.5 Å². The highest BCUT2D eigenvalue weighted by atomic mass is 35.5. The topological polar surface area (TPSA) is 24.5 Å². The monoisotopic (exact) mass is 268 g/mol. The van der Waals surface area contributed by atoms with E-state index < -0.39 is 0 Å². The van der Waals surface area contributed by atoms with E-state index >= 15 is 0 Å². The Hall–Kier alpha value is -0.930. The average Bonchev–Trinajstić information content (AvgIpc) is 2.39. The highest BCUT2D eigenvalue weighted by Crippen LogP contribution is 2.32. The molecule has 1 aliphatic heterocycles. The minimum atomic E-state index is 0.530. The second kappa shape index (κ2) is 5.81. The molecule has 0 bridgehead atoms. The van der Waals surface area contributed by atoms with Crippen LogP contribution in [-0.4, -0.2) is 32.8 Å². The van der Waals surface area contributed by atoms with E-state index in [1.807, 2.05) is 19.2 Å². The smallest absolute Gasteiger partial charge is 0.139 e. The standard InChI is InChI=1S/C14H21ClN2O/c1-10-8-11(16-2)6-7-17(10)12-4-5-13(15)14(9-12)18-3/h4-5,9-11,16H,6-8H2,1-3H3. The van der Waals surface area contributed by atoms with Crippen molar-refractivity contribution < 1.29 is 4.74 Å². The average molecular weight is 269 g/mol. The van der Waals surface area contributed by atoms with Crippen LogP contribution in [0.25, 0.3) is 0 Å². The number of ether oxygens (including phenoxy) is 1. The normalized spacial score (nSPS) is 24.1. The van der Waals surface area contributed by atoms with Gasteiger partial charge in [-0.15, -0.1) is 0 Å². The van der Waals surface area contributed by atoms with Crippen LogP contribution < -0.4 is 15.0 Å². The fourth-order valence-electron chi connectivity index (χ4n) is 2.65. The third kappa shape index (κ3) is 2.73. The summed E-state index contributed by atoms with van der Waals surface area (Å²) in [7, 11) is 3.69. The van der Waals surface area contributed by atoms with Crippen molar-refractivity contribution in [2.24, 2.45) is 0 Å². The van der Waals surface area contributed by atoms with Crippen molar-refractivity contribution in [3.63, 3.8) is 0 Å². The Morgan fingerprint density at radius 3 is 2.83 bits per heavy atom. The predicted molar refractivity (Wildman–Crippen MR) is 76.9 cm³/mol. The van der Waals surface area contributed by atoms with Gasteiger partial charge in [0.25, 0.3) is 0 Å². The lowest BCUT2D eigenvalue weighted by molar-refractivity contribution is 0.385. The first-order valence-electron chi connectivity index (χ1n) is 6.43. The summed E-state index contributed by atoms with van der Waals surface area (Å²) in [5, 5.41) is 4.03. The Kier molecular flexibility index (Phi) is 4.36. The molecule has 1 aliphatic rings. The van der Waals surface area contributed by atoms with Gasteiger partial charge in [-0.25, -0.2) is 0 Å². The van der Waals surface area contributed by atoms with Gasteiger partial charge < -0.3 is 15.0 Å². The van der Waals surface area contributed by atoms with E-state index in [9.17, 15) is 0 Å². The molecule has 2 rings (SSSR count). The van der Waals surface area contributed by atoms with Crippen molar-refractivity contribution in [3.05, 3.63) is 23.2 Å². The number of halogens is 1. The first-order valence-corrected chi connectivity index (χ1v) is 6.81. The zero-order valence-corrected chi connectivity index (χ0v) is 12.0. The third-order valence-electron chi connectivity index (χ3n) is 3.75. The highest BCUT2D eigenvalue weighted by molar-refractivity contribution is 6.32. The lowest BCUT2D eigenvalue weighted by atomic mass is 9.98. The lowest BCUT2D eigenvalue weighted by Crippen LogP contribution is -2.46. The highest BCUT2D eigenvalue weighted by Gasteiger charge is 2.24. The zero-order valence-electron chi connectivity index (χ0n) is 11.2. The number of benzene rings is 1. The largest absolute Gasteiger partial charge is 0.495 e. The molecule has 3 nitrogen and oxygen atoms in total. The number of rotatable bonds is 3. The molecule has 1 fully saturated rings. The summed E-state index contributed by atoms with van der Waals surface area (Å²) >= 11 is 6.06. The van der Waals surface area contributed by atoms with Gasteiger partial charge in [0.1, 0.15) is 5.75 Å². The number of nitrogens with one attached hydrogen (secondary N) is 1. The summed E-state index contributed by atoms with van der Waals surface area (Å²) in [5.74, 6) is 0.747. The molecule has 1 saturated heterocycles. The Bertz CT molecular complexity index is 411. The van der Waals surface area contributed by atoms with Crippen molar-refractivity contribution in [1.29, 1.82) is 0 Å². The SMILES string of the molecule is CNC1CCN(c2ccc(Cl)c(OC)c2)C(C)C1. The summed E-state index contributed by atoms with van der Waals surface area (Å²) in [6.45, 7) is 3.34. The minimum Gasteiger partial charge on any atom is -0.495 e. The van der Waals surface area contributed by atoms with Crippen LogP contribution in [-0.2, 0) is 0 Å². The minimum absolute atomic E-state index is 0.530. The lowest BCUT2D eigenvalue weighted by Gasteiger charge is -2.39. The Morgan fingerprint density at radius 2 is 2.22 bits per heavy atom. The first-order chi connectivity index (χ1) is 8.65. The van der Waals surface area contributed by atoms with Crippen molar-refractivity contribution in [2.75, 3.05) is 25.6 Å². The molecule has 18 heavy (non-hydrogen) atoms. The summed E-state index contributed by atoms with van der Waals surface area (Å²) in [4.78, 5) is 2.42. The third-order valence-corrected chi connectivity index (χ3v) is 4.06. The zero-order chi connectivity index (χ0) is 13.1. The number of anilines is 1. The van der Waals surface area contributed by atoms with Crippen LogP contribution in [0, 0.1) is 0 Å². The second-order valence-corrected chi connectivity index (χ2v) is 5.28. The number of nitrogens with zero attached hydrogens (tertiary/aromatic N) is 1. The van der Waals surface area contributed by atoms with Crippen molar-refractivity contribution in [1.82, 2.24) is 5.32 Å². The fourth-order valence-corrected chi connectivity index (χ4v) is 2.84. The van der Waals surface area contributed by atoms with Crippen LogP contribution >= 0.6 is 11.6 Å². The predicted octanol–water partition coefficient (Wildman–Crippen LogP) is 2.93. The molecule has 2 unspecified atom stereocenters. The van der Waals surface area contributed by atoms with Gasteiger partial charge in [-0.2, -0.15) is 0 Å². The molecule has 0 radical (unpaired) electrons. The van der Waals surface area contributed by atoms with Crippen LogP contribution in [0.1, 0.15) is 19.8 Å². The van der Waals surface area contributed by atoms with Crippen LogP contribution in [0.15, 0.2) is 18.2 Å². The maximum Gasteiger partial charge on any atom is 0.139 e. The van der Waals surface area contributed by atoms with E-state index in [0.717, 1.165) is 12.3 Å². The van der Waals surface area contributed by atoms with E-state index in [2.05, 4.69) is 23.2 Å². The number of piperidine rings is 1. The van der Waals surface area contributed by atoms with Gasteiger partial charge in [-0.3, -0.25) is 0 Å². The molecule has 1 aromatic rings. The van der Waals surface area contributed by atoms with E-state index in [-0.39, 0.29) is 0 Å². The molecular weight excluding hydrogens is 248 g/mol. The molecule has 0 amide bonds. The Labute approximate surface area is 114 Å². The van der Waals surface area contributed by atoms with Gasteiger partial charge in [0.2, 0.25) is 0 Å². The molecule has 0 aliphatic carbocycles. The first kappa shape index (κ1) is 13.5. The number of hydrogen-bond donors (Lipinski definition) is 1. The molecule has 100 valence electrons. The molecule has 0 spiro atoms.